The Kier molecular flexibility index (Phi) is 5.33. The molecule has 1 saturated carbocycles. The number of hydrogen-bond acceptors (Lipinski definition) is 6. The van der Waals surface area contributed by atoms with Crippen molar-refractivity contribution in [1.29, 1.82) is 0 Å². The summed E-state index contributed by atoms with van der Waals surface area (Å²) < 4.78 is 19.2. The summed E-state index contributed by atoms with van der Waals surface area (Å²) in [6.07, 6.45) is 5.46. The maximum atomic E-state index is 13.8. The number of carbonyl (C=O) groups is 1. The minimum atomic E-state index is -0.294. The molecule has 6 nitrogen and oxygen atoms in total. The summed E-state index contributed by atoms with van der Waals surface area (Å²) in [4.78, 5) is 25.3. The van der Waals surface area contributed by atoms with E-state index in [1.807, 2.05) is 11.8 Å². The Hall–Kier alpha value is -2.61. The van der Waals surface area contributed by atoms with Crippen molar-refractivity contribution in [2.45, 2.75) is 44.1 Å². The number of nitrogens with zero attached hydrogens (tertiary/aromatic N) is 3. The molecule has 1 aromatic heterocycles. The molecule has 1 aliphatic carbocycles. The largest absolute Gasteiger partial charge is 0.491 e. The van der Waals surface area contributed by atoms with E-state index in [0.29, 0.717) is 35.7 Å². The Morgan fingerprint density at radius 2 is 1.94 bits per heavy atom. The third-order valence-electron chi connectivity index (χ3n) is 6.57. The van der Waals surface area contributed by atoms with Gasteiger partial charge in [0.05, 0.1) is 16.3 Å². The van der Waals surface area contributed by atoms with E-state index in [1.54, 1.807) is 42.4 Å². The number of amides is 1. The highest BCUT2D eigenvalue weighted by Gasteiger charge is 2.52. The Bertz CT molecular complexity index is 994. The summed E-state index contributed by atoms with van der Waals surface area (Å²) in [6, 6.07) is 7.98. The van der Waals surface area contributed by atoms with E-state index < -0.39 is 0 Å². The van der Waals surface area contributed by atoms with Crippen molar-refractivity contribution >= 4 is 22.6 Å². The van der Waals surface area contributed by atoms with E-state index in [1.165, 1.54) is 12.1 Å². The number of aromatic nitrogens is 2. The van der Waals surface area contributed by atoms with Crippen molar-refractivity contribution in [3.8, 4) is 5.75 Å². The van der Waals surface area contributed by atoms with Crippen molar-refractivity contribution in [2.75, 3.05) is 6.61 Å². The second kappa shape index (κ2) is 8.15. The summed E-state index contributed by atoms with van der Waals surface area (Å²) in [5, 5.41) is 3.41. The fourth-order valence-electron chi connectivity index (χ4n) is 4.79. The highest BCUT2D eigenvalue weighted by atomic mass is 32.2. The monoisotopic (exact) mass is 440 g/mol. The van der Waals surface area contributed by atoms with Crippen LogP contribution in [0.25, 0.3) is 4.91 Å². The summed E-state index contributed by atoms with van der Waals surface area (Å²) in [6.45, 7) is 4.62. The number of rotatable bonds is 5. The van der Waals surface area contributed by atoms with E-state index in [9.17, 15) is 9.18 Å². The van der Waals surface area contributed by atoms with Gasteiger partial charge in [-0.15, -0.1) is 0 Å². The first-order valence-electron chi connectivity index (χ1n) is 10.7. The van der Waals surface area contributed by atoms with Gasteiger partial charge in [0.25, 0.3) is 5.91 Å². The van der Waals surface area contributed by atoms with Gasteiger partial charge >= 0.3 is 0 Å². The van der Waals surface area contributed by atoms with Crippen molar-refractivity contribution in [2.24, 2.45) is 11.8 Å². The van der Waals surface area contributed by atoms with Crippen LogP contribution in [0.2, 0.25) is 0 Å². The SMILES string of the molecule is CC1NC(C(=O)N2C3CC(C3)[C@H](C)C2COc2ccc(F)cc2)=C(c2ncccn2)S1. The number of ether oxygens (including phenoxy) is 1. The lowest BCUT2D eigenvalue weighted by Gasteiger charge is -2.57. The Morgan fingerprint density at radius 1 is 1.23 bits per heavy atom. The van der Waals surface area contributed by atoms with Gasteiger partial charge in [0.15, 0.2) is 5.82 Å². The number of nitrogens with one attached hydrogen (secondary N) is 1. The first-order chi connectivity index (χ1) is 15.0. The molecule has 8 heteroatoms. The van der Waals surface area contributed by atoms with Gasteiger partial charge in [-0.2, -0.15) is 0 Å². The molecule has 2 saturated heterocycles. The minimum absolute atomic E-state index is 0.0120. The zero-order chi connectivity index (χ0) is 21.5. The molecule has 2 aromatic rings. The van der Waals surface area contributed by atoms with Gasteiger partial charge in [-0.25, -0.2) is 14.4 Å². The molecule has 162 valence electrons. The van der Waals surface area contributed by atoms with Crippen molar-refractivity contribution in [3.63, 3.8) is 0 Å². The zero-order valence-electron chi connectivity index (χ0n) is 17.5. The molecule has 31 heavy (non-hydrogen) atoms. The molecule has 0 radical (unpaired) electrons. The quantitative estimate of drug-likeness (QED) is 0.765. The number of halogens is 1. The molecule has 1 N–H and O–H groups in total. The molecule has 1 amide bonds. The van der Waals surface area contributed by atoms with Crippen LogP contribution in [-0.2, 0) is 4.79 Å². The van der Waals surface area contributed by atoms with Crippen LogP contribution >= 0.6 is 11.8 Å². The number of carbonyl (C=O) groups excluding carboxylic acids is 1. The normalized spacial score (nSPS) is 29.4. The predicted octanol–water partition coefficient (Wildman–Crippen LogP) is 3.67. The zero-order valence-corrected chi connectivity index (χ0v) is 18.3. The third-order valence-corrected chi connectivity index (χ3v) is 7.67. The highest BCUT2D eigenvalue weighted by Crippen LogP contribution is 2.48. The van der Waals surface area contributed by atoms with Crippen LogP contribution in [0.3, 0.4) is 0 Å². The lowest BCUT2D eigenvalue weighted by Crippen LogP contribution is -2.65. The molecule has 4 aliphatic rings. The second-order valence-electron chi connectivity index (χ2n) is 8.47. The average molecular weight is 441 g/mol. The third kappa shape index (κ3) is 3.78. The molecule has 6 rings (SSSR count). The van der Waals surface area contributed by atoms with Gasteiger partial charge in [0.2, 0.25) is 0 Å². The molecule has 3 atom stereocenters. The van der Waals surface area contributed by atoms with Gasteiger partial charge in [-0.05, 0) is 61.9 Å². The van der Waals surface area contributed by atoms with Crippen LogP contribution in [0.5, 0.6) is 5.75 Å². The van der Waals surface area contributed by atoms with Gasteiger partial charge in [-0.1, -0.05) is 18.7 Å². The van der Waals surface area contributed by atoms with Gasteiger partial charge < -0.3 is 15.0 Å². The van der Waals surface area contributed by atoms with Crippen molar-refractivity contribution in [3.05, 3.63) is 60.1 Å². The number of thioether (sulfide) groups is 1. The molecular weight excluding hydrogens is 415 g/mol. The Balaban J connectivity index is 1.41. The summed E-state index contributed by atoms with van der Waals surface area (Å²) in [7, 11) is 0. The van der Waals surface area contributed by atoms with E-state index in [0.717, 1.165) is 17.7 Å². The maximum Gasteiger partial charge on any atom is 0.271 e. The molecule has 2 unspecified atom stereocenters. The first kappa shape index (κ1) is 20.3. The van der Waals surface area contributed by atoms with Gasteiger partial charge in [-0.3, -0.25) is 4.79 Å². The van der Waals surface area contributed by atoms with Crippen LogP contribution in [-0.4, -0.2) is 44.8 Å². The highest BCUT2D eigenvalue weighted by molar-refractivity contribution is 8.09. The van der Waals surface area contributed by atoms with Gasteiger partial charge in [0, 0.05) is 18.4 Å². The molecule has 3 aliphatic heterocycles. The standard InChI is InChI=1S/C23H25FN4O2S/c1-13-15-10-17(11-15)28(19(13)12-30-18-6-4-16(24)5-7-18)23(29)20-21(31-14(2)27-20)22-25-8-3-9-26-22/h3-9,13-15,17,19,27H,10-12H2,1-2H3/t13-,14?,15?,17?,19?/m0/s1. The van der Waals surface area contributed by atoms with E-state index in [-0.39, 0.29) is 29.2 Å². The summed E-state index contributed by atoms with van der Waals surface area (Å²) in [5.41, 5.74) is 0.577. The Labute approximate surface area is 185 Å². The van der Waals surface area contributed by atoms with Crippen LogP contribution in [0, 0.1) is 17.7 Å². The van der Waals surface area contributed by atoms with Crippen LogP contribution < -0.4 is 10.1 Å². The summed E-state index contributed by atoms with van der Waals surface area (Å²) >= 11 is 1.58. The predicted molar refractivity (Wildman–Crippen MR) is 117 cm³/mol. The lowest BCUT2D eigenvalue weighted by molar-refractivity contribution is -0.151. The van der Waals surface area contributed by atoms with Crippen molar-refractivity contribution in [1.82, 2.24) is 20.2 Å². The summed E-state index contributed by atoms with van der Waals surface area (Å²) in [5.74, 6) is 1.83. The molecular formula is C23H25FN4O2S. The number of hydrogen-bond donors (Lipinski definition) is 1. The van der Waals surface area contributed by atoms with Crippen LogP contribution in [0.4, 0.5) is 4.39 Å². The molecule has 0 spiro atoms. The fourth-order valence-corrected chi connectivity index (χ4v) is 5.79. The number of benzene rings is 1. The smallest absolute Gasteiger partial charge is 0.271 e. The maximum absolute atomic E-state index is 13.8. The molecule has 3 fully saturated rings. The fraction of sp³-hybridized carbons (Fsp3) is 0.435. The van der Waals surface area contributed by atoms with Crippen LogP contribution in [0.15, 0.2) is 48.4 Å². The second-order valence-corrected chi connectivity index (χ2v) is 9.82. The van der Waals surface area contributed by atoms with Crippen LogP contribution in [0.1, 0.15) is 32.5 Å². The van der Waals surface area contributed by atoms with E-state index >= 15 is 0 Å². The molecule has 1 aromatic carbocycles. The average Bonchev–Trinajstić information content (AvgIpc) is 3.14. The Morgan fingerprint density at radius 3 is 2.65 bits per heavy atom. The molecule has 2 bridgehead atoms. The topological polar surface area (TPSA) is 67.4 Å². The minimum Gasteiger partial charge on any atom is -0.491 e. The number of piperidine rings is 2. The van der Waals surface area contributed by atoms with Crippen molar-refractivity contribution < 1.29 is 13.9 Å². The van der Waals surface area contributed by atoms with Gasteiger partial charge in [0.1, 0.15) is 23.9 Å². The van der Waals surface area contributed by atoms with E-state index in [2.05, 4.69) is 22.2 Å². The van der Waals surface area contributed by atoms with E-state index in [4.69, 9.17) is 4.74 Å². The number of fused-ring (bicyclic) bond motifs is 2. The lowest BCUT2D eigenvalue weighted by atomic mass is 9.64. The molecule has 4 heterocycles. The first-order valence-corrected chi connectivity index (χ1v) is 11.5.